The highest BCUT2D eigenvalue weighted by molar-refractivity contribution is 5.95. The zero-order chi connectivity index (χ0) is 17.1. The summed E-state index contributed by atoms with van der Waals surface area (Å²) in [6.45, 7) is 0.377. The van der Waals surface area contributed by atoms with E-state index < -0.39 is 17.9 Å². The van der Waals surface area contributed by atoms with Crippen molar-refractivity contribution in [2.24, 2.45) is 0 Å². The third kappa shape index (κ3) is 3.05. The zero-order valence-corrected chi connectivity index (χ0v) is 13.0. The smallest absolute Gasteiger partial charge is 0.326 e. The second-order valence-electron chi connectivity index (χ2n) is 5.65. The van der Waals surface area contributed by atoms with Crippen LogP contribution in [0.3, 0.4) is 0 Å². The Kier molecular flexibility index (Phi) is 4.41. The molecule has 1 aliphatic rings. The normalized spacial score (nSPS) is 17.5. The highest BCUT2D eigenvalue weighted by atomic mass is 16.4. The molecule has 1 atom stereocenters. The van der Waals surface area contributed by atoms with E-state index >= 15 is 0 Å². The van der Waals surface area contributed by atoms with Gasteiger partial charge in [0.1, 0.15) is 11.7 Å². The minimum absolute atomic E-state index is 0.0617. The van der Waals surface area contributed by atoms with E-state index in [1.54, 1.807) is 24.3 Å². The van der Waals surface area contributed by atoms with Gasteiger partial charge in [-0.3, -0.25) is 9.59 Å². The maximum absolute atomic E-state index is 12.7. The predicted molar refractivity (Wildman–Crippen MR) is 86.1 cm³/mol. The molecule has 1 N–H and O–H groups in total. The van der Waals surface area contributed by atoms with Gasteiger partial charge in [0, 0.05) is 12.6 Å². The van der Waals surface area contributed by atoms with Crippen LogP contribution in [0, 0.1) is 0 Å². The van der Waals surface area contributed by atoms with Crippen LogP contribution in [0.2, 0.25) is 0 Å². The number of hydrogen-bond donors (Lipinski definition) is 1. The summed E-state index contributed by atoms with van der Waals surface area (Å²) in [7, 11) is 0. The molecule has 1 fully saturated rings. The molecule has 1 aromatic heterocycles. The number of benzene rings is 1. The lowest BCUT2D eigenvalue weighted by atomic mass is 10.0. The third-order valence-electron chi connectivity index (χ3n) is 4.07. The standard InChI is InChI=1S/C17H17N3O4/c21-15-10-9-13(18-20(15)12-6-2-1-3-7-12)16(22)19-11-5-4-8-14(19)17(23)24/h1-3,6-7,9-10,14H,4-5,8,11H2,(H,23,24)/t14-/m1/s1. The van der Waals surface area contributed by atoms with E-state index in [-0.39, 0.29) is 11.3 Å². The summed E-state index contributed by atoms with van der Waals surface area (Å²) < 4.78 is 1.15. The van der Waals surface area contributed by atoms with Crippen molar-refractivity contribution in [3.63, 3.8) is 0 Å². The molecule has 2 aromatic rings. The number of piperidine rings is 1. The molecule has 2 heterocycles. The first-order chi connectivity index (χ1) is 11.6. The number of amides is 1. The summed E-state index contributed by atoms with van der Waals surface area (Å²) in [5, 5.41) is 13.4. The summed E-state index contributed by atoms with van der Waals surface area (Å²) >= 11 is 0. The third-order valence-corrected chi connectivity index (χ3v) is 4.07. The Bertz CT molecular complexity index is 816. The van der Waals surface area contributed by atoms with Crippen molar-refractivity contribution in [1.29, 1.82) is 0 Å². The molecule has 1 saturated heterocycles. The van der Waals surface area contributed by atoms with Gasteiger partial charge < -0.3 is 10.0 Å². The van der Waals surface area contributed by atoms with Crippen LogP contribution in [0.25, 0.3) is 5.69 Å². The molecule has 24 heavy (non-hydrogen) atoms. The van der Waals surface area contributed by atoms with Crippen LogP contribution in [0.1, 0.15) is 29.8 Å². The quantitative estimate of drug-likeness (QED) is 0.917. The average molecular weight is 327 g/mol. The molecule has 0 spiro atoms. The zero-order valence-electron chi connectivity index (χ0n) is 13.0. The molecule has 0 saturated carbocycles. The largest absolute Gasteiger partial charge is 0.480 e. The van der Waals surface area contributed by atoms with Gasteiger partial charge in [0.05, 0.1) is 5.69 Å². The number of carboxylic acids is 1. The van der Waals surface area contributed by atoms with Crippen molar-refractivity contribution in [3.05, 3.63) is 58.5 Å². The van der Waals surface area contributed by atoms with Crippen molar-refractivity contribution in [3.8, 4) is 5.69 Å². The predicted octanol–water partition coefficient (Wildman–Crippen LogP) is 1.31. The number of carbonyl (C=O) groups is 2. The van der Waals surface area contributed by atoms with Gasteiger partial charge >= 0.3 is 5.97 Å². The second kappa shape index (κ2) is 6.66. The van der Waals surface area contributed by atoms with E-state index in [4.69, 9.17) is 0 Å². The molecule has 0 aliphatic carbocycles. The van der Waals surface area contributed by atoms with E-state index in [9.17, 15) is 19.5 Å². The average Bonchev–Trinajstić information content (AvgIpc) is 2.62. The number of likely N-dealkylation sites (tertiary alicyclic amines) is 1. The van der Waals surface area contributed by atoms with Crippen LogP contribution < -0.4 is 5.56 Å². The SMILES string of the molecule is O=C(O)[C@H]1CCCCN1C(=O)c1ccc(=O)n(-c2ccccc2)n1. The first kappa shape index (κ1) is 15.9. The summed E-state index contributed by atoms with van der Waals surface area (Å²) in [5.41, 5.74) is 0.253. The molecular formula is C17H17N3O4. The van der Waals surface area contributed by atoms with Gasteiger partial charge in [-0.2, -0.15) is 9.78 Å². The summed E-state index contributed by atoms with van der Waals surface area (Å²) in [5.74, 6) is -1.48. The fraction of sp³-hybridized carbons (Fsp3) is 0.294. The lowest BCUT2D eigenvalue weighted by molar-refractivity contribution is -0.143. The number of nitrogens with zero attached hydrogens (tertiary/aromatic N) is 3. The van der Waals surface area contributed by atoms with E-state index in [0.29, 0.717) is 18.7 Å². The van der Waals surface area contributed by atoms with Gasteiger partial charge in [-0.25, -0.2) is 4.79 Å². The Labute approximate surface area is 138 Å². The molecule has 0 unspecified atom stereocenters. The first-order valence-corrected chi connectivity index (χ1v) is 7.77. The summed E-state index contributed by atoms with van der Waals surface area (Å²) in [6.07, 6.45) is 1.96. The van der Waals surface area contributed by atoms with Crippen LogP contribution in [0.15, 0.2) is 47.3 Å². The van der Waals surface area contributed by atoms with Gasteiger partial charge in [0.15, 0.2) is 0 Å². The molecule has 0 bridgehead atoms. The molecule has 3 rings (SSSR count). The van der Waals surface area contributed by atoms with Crippen molar-refractivity contribution in [2.45, 2.75) is 25.3 Å². The molecule has 7 heteroatoms. The van der Waals surface area contributed by atoms with Crippen molar-refractivity contribution in [2.75, 3.05) is 6.54 Å². The number of aliphatic carboxylic acids is 1. The van der Waals surface area contributed by atoms with Crippen LogP contribution in [-0.2, 0) is 4.79 Å². The molecule has 0 radical (unpaired) electrons. The van der Waals surface area contributed by atoms with Crippen molar-refractivity contribution >= 4 is 11.9 Å². The number of rotatable bonds is 3. The maximum atomic E-state index is 12.7. The Balaban J connectivity index is 1.96. The summed E-state index contributed by atoms with van der Waals surface area (Å²) in [4.78, 5) is 37.4. The summed E-state index contributed by atoms with van der Waals surface area (Å²) in [6, 6.07) is 10.5. The highest BCUT2D eigenvalue weighted by Crippen LogP contribution is 2.19. The monoisotopic (exact) mass is 327 g/mol. The molecular weight excluding hydrogens is 310 g/mol. The van der Waals surface area contributed by atoms with Gasteiger partial charge in [-0.05, 0) is 37.5 Å². The van der Waals surface area contributed by atoms with Gasteiger partial charge in [-0.15, -0.1) is 0 Å². The Morgan fingerprint density at radius 1 is 1.08 bits per heavy atom. The van der Waals surface area contributed by atoms with Crippen LogP contribution in [0.4, 0.5) is 0 Å². The lowest BCUT2D eigenvalue weighted by Crippen LogP contribution is -2.48. The van der Waals surface area contributed by atoms with E-state index in [2.05, 4.69) is 5.10 Å². The number of carboxylic acid groups (broad SMARTS) is 1. The molecule has 1 amide bonds. The van der Waals surface area contributed by atoms with Crippen LogP contribution >= 0.6 is 0 Å². The van der Waals surface area contributed by atoms with Crippen LogP contribution in [-0.4, -0.2) is 44.3 Å². The number of aromatic nitrogens is 2. The maximum Gasteiger partial charge on any atom is 0.326 e. The van der Waals surface area contributed by atoms with Crippen molar-refractivity contribution < 1.29 is 14.7 Å². The van der Waals surface area contributed by atoms with Gasteiger partial charge in [-0.1, -0.05) is 18.2 Å². The molecule has 1 aliphatic heterocycles. The minimum Gasteiger partial charge on any atom is -0.480 e. The second-order valence-corrected chi connectivity index (χ2v) is 5.65. The molecule has 1 aromatic carbocycles. The van der Waals surface area contributed by atoms with Gasteiger partial charge in [0.25, 0.3) is 11.5 Å². The van der Waals surface area contributed by atoms with E-state index in [1.807, 2.05) is 6.07 Å². The Hall–Kier alpha value is -2.96. The van der Waals surface area contributed by atoms with Crippen LogP contribution in [0.5, 0.6) is 0 Å². The van der Waals surface area contributed by atoms with E-state index in [0.717, 1.165) is 17.5 Å². The minimum atomic E-state index is -1.01. The number of carbonyl (C=O) groups excluding carboxylic acids is 1. The van der Waals surface area contributed by atoms with E-state index in [1.165, 1.54) is 17.0 Å². The number of para-hydroxylation sites is 1. The number of hydrogen-bond acceptors (Lipinski definition) is 4. The lowest BCUT2D eigenvalue weighted by Gasteiger charge is -2.32. The topological polar surface area (TPSA) is 92.5 Å². The van der Waals surface area contributed by atoms with Gasteiger partial charge in [0.2, 0.25) is 0 Å². The molecule has 7 nitrogen and oxygen atoms in total. The Morgan fingerprint density at radius 3 is 2.54 bits per heavy atom. The fourth-order valence-electron chi connectivity index (χ4n) is 2.86. The Morgan fingerprint density at radius 2 is 1.83 bits per heavy atom. The molecule has 124 valence electrons. The fourth-order valence-corrected chi connectivity index (χ4v) is 2.86. The highest BCUT2D eigenvalue weighted by Gasteiger charge is 2.33. The van der Waals surface area contributed by atoms with Crippen molar-refractivity contribution in [1.82, 2.24) is 14.7 Å². The first-order valence-electron chi connectivity index (χ1n) is 7.77.